The fraction of sp³-hybridized carbons (Fsp3) is 0.0588. The monoisotopic (exact) mass is 278 g/mol. The summed E-state index contributed by atoms with van der Waals surface area (Å²) in [5.74, 6) is -0.276. The van der Waals surface area contributed by atoms with E-state index in [1.54, 1.807) is 12.1 Å². The Kier molecular flexibility index (Phi) is 3.51. The summed E-state index contributed by atoms with van der Waals surface area (Å²) in [6, 6.07) is 15.5. The van der Waals surface area contributed by atoms with Crippen LogP contribution in [0.25, 0.3) is 17.2 Å². The van der Waals surface area contributed by atoms with Crippen LogP contribution in [0.5, 0.6) is 0 Å². The molecule has 4 nitrogen and oxygen atoms in total. The van der Waals surface area contributed by atoms with Crippen molar-refractivity contribution in [2.75, 3.05) is 5.32 Å². The molecule has 4 heteroatoms. The summed E-state index contributed by atoms with van der Waals surface area (Å²) in [5.41, 5.74) is 3.52. The van der Waals surface area contributed by atoms with Crippen LogP contribution in [0.4, 0.5) is 6.01 Å². The molecule has 0 aliphatic carbocycles. The lowest BCUT2D eigenvalue weighted by Crippen LogP contribution is -2.07. The van der Waals surface area contributed by atoms with Crippen LogP contribution < -0.4 is 5.32 Å². The number of fused-ring (bicyclic) bond motifs is 1. The van der Waals surface area contributed by atoms with Gasteiger partial charge in [-0.05, 0) is 30.7 Å². The van der Waals surface area contributed by atoms with Crippen LogP contribution in [0.2, 0.25) is 0 Å². The molecule has 0 radical (unpaired) electrons. The van der Waals surface area contributed by atoms with E-state index in [1.807, 2.05) is 49.4 Å². The minimum atomic E-state index is -0.276. The van der Waals surface area contributed by atoms with Gasteiger partial charge in [-0.2, -0.15) is 4.98 Å². The molecule has 0 bridgehead atoms. The van der Waals surface area contributed by atoms with Gasteiger partial charge in [0.15, 0.2) is 5.58 Å². The molecule has 0 aliphatic rings. The molecule has 0 unspecified atom stereocenters. The molecule has 1 N–H and O–H groups in total. The van der Waals surface area contributed by atoms with Crippen LogP contribution in [0.15, 0.2) is 59.0 Å². The molecule has 1 heterocycles. The molecule has 0 spiro atoms. The first kappa shape index (κ1) is 13.1. The smallest absolute Gasteiger partial charge is 0.302 e. The van der Waals surface area contributed by atoms with E-state index in [0.717, 1.165) is 11.1 Å². The average molecular weight is 278 g/mol. The Labute approximate surface area is 122 Å². The molecule has 2 aromatic carbocycles. The van der Waals surface area contributed by atoms with Crippen LogP contribution in [0.3, 0.4) is 0 Å². The Morgan fingerprint density at radius 3 is 2.67 bits per heavy atom. The quantitative estimate of drug-likeness (QED) is 0.742. The number of carbonyl (C=O) groups is 1. The average Bonchev–Trinajstić information content (AvgIpc) is 2.88. The van der Waals surface area contributed by atoms with Gasteiger partial charge in [-0.1, -0.05) is 42.0 Å². The highest BCUT2D eigenvalue weighted by molar-refractivity contribution is 6.01. The molecule has 0 aliphatic heterocycles. The van der Waals surface area contributed by atoms with Gasteiger partial charge in [0.2, 0.25) is 0 Å². The number of hydrogen-bond donors (Lipinski definition) is 1. The fourth-order valence-electron chi connectivity index (χ4n) is 1.92. The van der Waals surface area contributed by atoms with Gasteiger partial charge in [-0.25, -0.2) is 0 Å². The summed E-state index contributed by atoms with van der Waals surface area (Å²) < 4.78 is 5.43. The van der Waals surface area contributed by atoms with Crippen LogP contribution in [-0.2, 0) is 4.79 Å². The highest BCUT2D eigenvalue weighted by Crippen LogP contribution is 2.17. The normalized spacial score (nSPS) is 11.1. The van der Waals surface area contributed by atoms with E-state index in [2.05, 4.69) is 10.3 Å². The second-order valence-electron chi connectivity index (χ2n) is 4.72. The number of aryl methyl sites for hydroxylation is 1. The highest BCUT2D eigenvalue weighted by Gasteiger charge is 2.06. The van der Waals surface area contributed by atoms with Crippen molar-refractivity contribution in [1.82, 2.24) is 4.98 Å². The van der Waals surface area contributed by atoms with E-state index in [0.29, 0.717) is 5.58 Å². The van der Waals surface area contributed by atoms with Gasteiger partial charge in [0, 0.05) is 6.08 Å². The summed E-state index contributed by atoms with van der Waals surface area (Å²) in [5, 5.41) is 2.61. The zero-order valence-corrected chi connectivity index (χ0v) is 11.5. The number of aromatic nitrogens is 1. The standard InChI is InChI=1S/C17H14N2O2/c1-12-6-8-13(9-7-12)10-11-16(20)19-17-18-14-4-2-3-5-15(14)21-17/h2-11H,1H3,(H,18,19,20)/b11-10+. The van der Waals surface area contributed by atoms with E-state index in [4.69, 9.17) is 4.42 Å². The van der Waals surface area contributed by atoms with Gasteiger partial charge in [-0.3, -0.25) is 10.1 Å². The number of anilines is 1. The summed E-state index contributed by atoms with van der Waals surface area (Å²) in [7, 11) is 0. The number of carbonyl (C=O) groups excluding carboxylic acids is 1. The topological polar surface area (TPSA) is 55.1 Å². The molecule has 3 rings (SSSR count). The number of nitrogens with zero attached hydrogens (tertiary/aromatic N) is 1. The van der Waals surface area contributed by atoms with E-state index in [1.165, 1.54) is 11.6 Å². The second-order valence-corrected chi connectivity index (χ2v) is 4.72. The highest BCUT2D eigenvalue weighted by atomic mass is 16.4. The number of amides is 1. The van der Waals surface area contributed by atoms with E-state index < -0.39 is 0 Å². The predicted molar refractivity (Wildman–Crippen MR) is 82.9 cm³/mol. The Morgan fingerprint density at radius 2 is 1.90 bits per heavy atom. The summed E-state index contributed by atoms with van der Waals surface area (Å²) >= 11 is 0. The van der Waals surface area contributed by atoms with Gasteiger partial charge in [-0.15, -0.1) is 0 Å². The van der Waals surface area contributed by atoms with Crippen molar-refractivity contribution in [1.29, 1.82) is 0 Å². The van der Waals surface area contributed by atoms with Crippen LogP contribution in [0, 0.1) is 6.92 Å². The number of rotatable bonds is 3. The summed E-state index contributed by atoms with van der Waals surface area (Å²) in [6.07, 6.45) is 3.21. The Hall–Kier alpha value is -2.88. The van der Waals surface area contributed by atoms with Gasteiger partial charge in [0.25, 0.3) is 5.91 Å². The fourth-order valence-corrected chi connectivity index (χ4v) is 1.92. The van der Waals surface area contributed by atoms with Gasteiger partial charge in [0.1, 0.15) is 5.52 Å². The molecule has 104 valence electrons. The predicted octanol–water partition coefficient (Wildman–Crippen LogP) is 3.79. The van der Waals surface area contributed by atoms with E-state index in [-0.39, 0.29) is 11.9 Å². The molecular weight excluding hydrogens is 264 g/mol. The zero-order chi connectivity index (χ0) is 14.7. The molecule has 0 fully saturated rings. The summed E-state index contributed by atoms with van der Waals surface area (Å²) in [6.45, 7) is 2.02. The number of oxazole rings is 1. The number of para-hydroxylation sites is 2. The largest absolute Gasteiger partial charge is 0.423 e. The van der Waals surface area contributed by atoms with Crippen molar-refractivity contribution in [2.24, 2.45) is 0 Å². The SMILES string of the molecule is Cc1ccc(/C=C/C(=O)Nc2nc3ccccc3o2)cc1. The van der Waals surface area contributed by atoms with Crippen molar-refractivity contribution in [3.8, 4) is 0 Å². The third kappa shape index (κ3) is 3.17. The first-order valence-electron chi connectivity index (χ1n) is 6.62. The van der Waals surface area contributed by atoms with Crippen molar-refractivity contribution < 1.29 is 9.21 Å². The maximum atomic E-state index is 11.8. The maximum Gasteiger partial charge on any atom is 0.302 e. The molecule has 0 saturated heterocycles. The number of nitrogens with one attached hydrogen (secondary N) is 1. The molecule has 0 saturated carbocycles. The van der Waals surface area contributed by atoms with Crippen molar-refractivity contribution >= 4 is 29.1 Å². The molecule has 21 heavy (non-hydrogen) atoms. The first-order valence-corrected chi connectivity index (χ1v) is 6.62. The van der Waals surface area contributed by atoms with Crippen molar-refractivity contribution in [3.05, 3.63) is 65.7 Å². The first-order chi connectivity index (χ1) is 10.2. The number of hydrogen-bond acceptors (Lipinski definition) is 3. The molecule has 0 atom stereocenters. The molecule has 1 aromatic heterocycles. The third-order valence-corrected chi connectivity index (χ3v) is 3.03. The minimum absolute atomic E-state index is 0.203. The lowest BCUT2D eigenvalue weighted by molar-refractivity contribution is -0.112. The van der Waals surface area contributed by atoms with Crippen LogP contribution in [0.1, 0.15) is 11.1 Å². The Morgan fingerprint density at radius 1 is 1.14 bits per heavy atom. The number of benzene rings is 2. The Balaban J connectivity index is 1.69. The van der Waals surface area contributed by atoms with E-state index in [9.17, 15) is 4.79 Å². The second kappa shape index (κ2) is 5.63. The van der Waals surface area contributed by atoms with Gasteiger partial charge >= 0.3 is 6.01 Å². The van der Waals surface area contributed by atoms with Gasteiger partial charge < -0.3 is 4.42 Å². The minimum Gasteiger partial charge on any atom is -0.423 e. The van der Waals surface area contributed by atoms with Gasteiger partial charge in [0.05, 0.1) is 0 Å². The van der Waals surface area contributed by atoms with Crippen LogP contribution >= 0.6 is 0 Å². The zero-order valence-electron chi connectivity index (χ0n) is 11.5. The molecule has 1 amide bonds. The molecular formula is C17H14N2O2. The van der Waals surface area contributed by atoms with E-state index >= 15 is 0 Å². The van der Waals surface area contributed by atoms with Crippen molar-refractivity contribution in [2.45, 2.75) is 6.92 Å². The van der Waals surface area contributed by atoms with Crippen molar-refractivity contribution in [3.63, 3.8) is 0 Å². The maximum absolute atomic E-state index is 11.8. The molecule has 3 aromatic rings. The lowest BCUT2D eigenvalue weighted by Gasteiger charge is -1.96. The third-order valence-electron chi connectivity index (χ3n) is 3.03. The Bertz CT molecular complexity index is 768. The van der Waals surface area contributed by atoms with Crippen LogP contribution in [-0.4, -0.2) is 10.9 Å². The summed E-state index contributed by atoms with van der Waals surface area (Å²) in [4.78, 5) is 16.0. The lowest BCUT2D eigenvalue weighted by atomic mass is 10.1.